The summed E-state index contributed by atoms with van der Waals surface area (Å²) in [7, 11) is 2.23. The van der Waals surface area contributed by atoms with Crippen LogP contribution in [0.2, 0.25) is 0 Å². The van der Waals surface area contributed by atoms with E-state index in [-0.39, 0.29) is 5.91 Å². The number of aromatic nitrogens is 4. The Morgan fingerprint density at radius 2 is 1.36 bits per heavy atom. The van der Waals surface area contributed by atoms with Crippen molar-refractivity contribution in [1.29, 1.82) is 0 Å². The second kappa shape index (κ2) is 15.0. The maximum Gasteiger partial charge on any atom is 0.254 e. The highest BCUT2D eigenvalue weighted by Crippen LogP contribution is 2.30. The van der Waals surface area contributed by atoms with Gasteiger partial charge in [-0.25, -0.2) is 9.97 Å². The molecule has 2 aromatic heterocycles. The molecule has 0 spiro atoms. The van der Waals surface area contributed by atoms with Gasteiger partial charge in [0.05, 0.1) is 13.1 Å². The minimum atomic E-state index is -0.0316. The summed E-state index contributed by atoms with van der Waals surface area (Å²) in [6.45, 7) is 11.2. The number of nitrogens with one attached hydrogen (secondary N) is 2. The Morgan fingerprint density at radius 3 is 1.85 bits per heavy atom. The summed E-state index contributed by atoms with van der Waals surface area (Å²) in [5.41, 5.74) is 1.92. The number of nitrogens with zero attached hydrogens (tertiary/aromatic N) is 5. The number of carbonyl (C=O) groups is 1. The van der Waals surface area contributed by atoms with Gasteiger partial charge in [0.15, 0.2) is 0 Å². The van der Waals surface area contributed by atoms with Crippen LogP contribution in [-0.4, -0.2) is 73.8 Å². The molecule has 0 radical (unpaired) electrons. The van der Waals surface area contributed by atoms with E-state index in [2.05, 4.69) is 62.8 Å². The Kier molecular flexibility index (Phi) is 11.2. The molecule has 2 heterocycles. The number of benzene rings is 1. The minimum absolute atomic E-state index is 0.0316. The Bertz CT molecular complexity index is 1030. The first-order valence-corrected chi connectivity index (χ1v) is 14.8. The molecule has 1 amide bonds. The van der Waals surface area contributed by atoms with Crippen molar-refractivity contribution in [2.24, 2.45) is 11.8 Å². The van der Waals surface area contributed by atoms with E-state index in [4.69, 9.17) is 0 Å². The zero-order valence-electron chi connectivity index (χ0n) is 24.1. The molecule has 212 valence electrons. The van der Waals surface area contributed by atoms with Gasteiger partial charge < -0.3 is 24.7 Å². The normalized spacial score (nSPS) is 17.7. The Balaban J connectivity index is 1.26. The predicted molar refractivity (Wildman–Crippen MR) is 156 cm³/mol. The maximum atomic E-state index is 13.4. The van der Waals surface area contributed by atoms with E-state index < -0.39 is 0 Å². The van der Waals surface area contributed by atoms with E-state index in [1.807, 2.05) is 12.1 Å². The molecule has 0 saturated heterocycles. The van der Waals surface area contributed by atoms with E-state index >= 15 is 0 Å². The molecule has 0 unspecified atom stereocenters. The predicted octanol–water partition coefficient (Wildman–Crippen LogP) is 5.34. The van der Waals surface area contributed by atoms with Crippen molar-refractivity contribution in [3.05, 3.63) is 71.8 Å². The molecule has 1 aromatic carbocycles. The summed E-state index contributed by atoms with van der Waals surface area (Å²) < 4.78 is 0. The molecular weight excluding hydrogens is 486 g/mol. The lowest BCUT2D eigenvalue weighted by atomic mass is 9.81. The number of aromatic amines is 2. The Labute approximate surface area is 234 Å². The van der Waals surface area contributed by atoms with E-state index in [9.17, 15) is 4.79 Å². The molecule has 1 aliphatic carbocycles. The van der Waals surface area contributed by atoms with Crippen LogP contribution in [0.25, 0.3) is 0 Å². The fourth-order valence-electron chi connectivity index (χ4n) is 5.97. The number of amides is 1. The second-order valence-electron chi connectivity index (χ2n) is 11.3. The lowest BCUT2D eigenvalue weighted by molar-refractivity contribution is 0.0721. The molecule has 1 saturated carbocycles. The summed E-state index contributed by atoms with van der Waals surface area (Å²) in [6, 6.07) is 8.09. The van der Waals surface area contributed by atoms with Gasteiger partial charge in [-0.1, -0.05) is 26.0 Å². The van der Waals surface area contributed by atoms with Crippen LogP contribution in [-0.2, 0) is 19.6 Å². The quantitative estimate of drug-likeness (QED) is 0.276. The van der Waals surface area contributed by atoms with Crippen LogP contribution in [0.15, 0.2) is 49.1 Å². The number of hydrogen-bond acceptors (Lipinski definition) is 5. The van der Waals surface area contributed by atoms with Crippen molar-refractivity contribution in [3.8, 4) is 0 Å². The monoisotopic (exact) mass is 533 g/mol. The number of carbonyl (C=O) groups excluding carboxylic acids is 1. The summed E-state index contributed by atoms with van der Waals surface area (Å²) in [5, 5.41) is 0. The summed E-state index contributed by atoms with van der Waals surface area (Å²) in [5.74, 6) is 3.13. The number of H-pyrrole nitrogens is 2. The summed E-state index contributed by atoms with van der Waals surface area (Å²) >= 11 is 0. The molecule has 0 bridgehead atoms. The second-order valence-corrected chi connectivity index (χ2v) is 11.3. The number of imidazole rings is 2. The van der Waals surface area contributed by atoms with Crippen LogP contribution in [0, 0.1) is 11.8 Å². The van der Waals surface area contributed by atoms with Gasteiger partial charge in [0.1, 0.15) is 11.6 Å². The summed E-state index contributed by atoms with van der Waals surface area (Å²) in [4.78, 5) is 35.1. The average Bonchev–Trinajstić information content (AvgIpc) is 3.64. The standard InChI is InChI=1S/C31H47N7O/c1-4-18-37(19-5-2)22-27-8-6-25(7-9-27)20-36(3)21-26-10-12-28(13-11-26)31(39)38(23-29-32-14-15-33-29)24-30-34-16-17-35-30/h10-17,25,27H,4-9,18-24H2,1-3H3,(H,32,33)(H,34,35)/t25-,27-. The molecular formula is C31H47N7O. The van der Waals surface area contributed by atoms with Gasteiger partial charge >= 0.3 is 0 Å². The zero-order chi connectivity index (χ0) is 27.5. The van der Waals surface area contributed by atoms with Crippen molar-refractivity contribution in [2.75, 3.05) is 33.2 Å². The molecule has 3 aromatic rings. The minimum Gasteiger partial charge on any atom is -0.347 e. The SMILES string of the molecule is CCCN(CCC)C[C@H]1CC[C@H](CN(C)Cc2ccc(C(=O)N(Cc3ncc[nH]3)Cc3ncc[nH]3)cc2)CC1. The third kappa shape index (κ3) is 9.04. The van der Waals surface area contributed by atoms with Crippen LogP contribution in [0.3, 0.4) is 0 Å². The third-order valence-corrected chi connectivity index (χ3v) is 7.86. The highest BCUT2D eigenvalue weighted by molar-refractivity contribution is 5.94. The highest BCUT2D eigenvalue weighted by atomic mass is 16.2. The molecule has 0 atom stereocenters. The van der Waals surface area contributed by atoms with E-state index in [1.165, 1.54) is 63.7 Å². The average molecular weight is 534 g/mol. The fraction of sp³-hybridized carbons (Fsp3) is 0.581. The van der Waals surface area contributed by atoms with Crippen molar-refractivity contribution in [2.45, 2.75) is 72.0 Å². The first kappa shape index (κ1) is 29.0. The molecule has 39 heavy (non-hydrogen) atoms. The lowest BCUT2D eigenvalue weighted by Crippen LogP contribution is -2.34. The molecule has 0 aliphatic heterocycles. The van der Waals surface area contributed by atoms with E-state index in [0.717, 1.165) is 36.6 Å². The zero-order valence-corrected chi connectivity index (χ0v) is 24.1. The third-order valence-electron chi connectivity index (χ3n) is 7.86. The van der Waals surface area contributed by atoms with E-state index in [1.54, 1.807) is 29.7 Å². The van der Waals surface area contributed by atoms with Crippen molar-refractivity contribution in [1.82, 2.24) is 34.6 Å². The van der Waals surface area contributed by atoms with Gasteiger partial charge in [0, 0.05) is 50.0 Å². The molecule has 8 nitrogen and oxygen atoms in total. The number of rotatable bonds is 15. The summed E-state index contributed by atoms with van der Waals surface area (Å²) in [6.07, 6.45) is 14.9. The van der Waals surface area contributed by atoms with Gasteiger partial charge in [-0.2, -0.15) is 0 Å². The molecule has 4 rings (SSSR count). The molecule has 1 aliphatic rings. The molecule has 8 heteroatoms. The number of hydrogen-bond donors (Lipinski definition) is 2. The van der Waals surface area contributed by atoms with Gasteiger partial charge in [-0.15, -0.1) is 0 Å². The molecule has 2 N–H and O–H groups in total. The van der Waals surface area contributed by atoms with Gasteiger partial charge in [0.25, 0.3) is 5.91 Å². The smallest absolute Gasteiger partial charge is 0.254 e. The van der Waals surface area contributed by atoms with E-state index in [0.29, 0.717) is 18.7 Å². The largest absolute Gasteiger partial charge is 0.347 e. The van der Waals surface area contributed by atoms with Crippen LogP contribution in [0.4, 0.5) is 0 Å². The van der Waals surface area contributed by atoms with Gasteiger partial charge in [-0.05, 0) is 88.2 Å². The molecule has 1 fully saturated rings. The van der Waals surface area contributed by atoms with Gasteiger partial charge in [-0.3, -0.25) is 4.79 Å². The first-order valence-electron chi connectivity index (χ1n) is 14.8. The van der Waals surface area contributed by atoms with Crippen LogP contribution in [0.1, 0.15) is 79.9 Å². The van der Waals surface area contributed by atoms with Crippen molar-refractivity contribution >= 4 is 5.91 Å². The lowest BCUT2D eigenvalue weighted by Gasteiger charge is -2.34. The van der Waals surface area contributed by atoms with Crippen LogP contribution >= 0.6 is 0 Å². The Hall–Kier alpha value is -2.97. The highest BCUT2D eigenvalue weighted by Gasteiger charge is 2.24. The maximum absolute atomic E-state index is 13.4. The first-order chi connectivity index (χ1) is 19.0. The van der Waals surface area contributed by atoms with Crippen LogP contribution < -0.4 is 0 Å². The van der Waals surface area contributed by atoms with Gasteiger partial charge in [0.2, 0.25) is 0 Å². The van der Waals surface area contributed by atoms with Crippen molar-refractivity contribution in [3.63, 3.8) is 0 Å². The topological polar surface area (TPSA) is 84.2 Å². The Morgan fingerprint density at radius 1 is 0.821 bits per heavy atom. The van der Waals surface area contributed by atoms with Crippen LogP contribution in [0.5, 0.6) is 0 Å². The fourth-order valence-corrected chi connectivity index (χ4v) is 5.97. The van der Waals surface area contributed by atoms with Crippen molar-refractivity contribution < 1.29 is 4.79 Å².